The number of benzene rings is 3. The van der Waals surface area contributed by atoms with Gasteiger partial charge in [-0.2, -0.15) is 0 Å². The van der Waals surface area contributed by atoms with Crippen LogP contribution in [0.3, 0.4) is 0 Å². The quantitative estimate of drug-likeness (QED) is 0.297. The average molecular weight is 455 g/mol. The molecule has 0 bridgehead atoms. The maximum absolute atomic E-state index is 6.76. The molecule has 0 aliphatic rings. The van der Waals surface area contributed by atoms with Crippen molar-refractivity contribution in [2.24, 2.45) is 5.73 Å². The van der Waals surface area contributed by atoms with E-state index in [0.717, 1.165) is 40.3 Å². The monoisotopic (exact) mass is 454 g/mol. The lowest BCUT2D eigenvalue weighted by Gasteiger charge is -2.22. The molecule has 34 heavy (non-hydrogen) atoms. The molecule has 4 N–H and O–H groups in total. The van der Waals surface area contributed by atoms with E-state index < -0.39 is 0 Å². The minimum atomic E-state index is 0.0901. The van der Waals surface area contributed by atoms with Crippen LogP contribution < -0.4 is 21.3 Å². The Kier molecular flexibility index (Phi) is 8.80. The number of allylic oxidation sites excluding steroid dienone is 1. The van der Waals surface area contributed by atoms with E-state index in [1.807, 2.05) is 33.3 Å². The van der Waals surface area contributed by atoms with Crippen LogP contribution in [0.25, 0.3) is 17.5 Å². The zero-order valence-corrected chi connectivity index (χ0v) is 21.1. The standard InChI is InChI=1S/C30H38N4/c1-6-7-8-9-23-10-12-24(13-11-23)22(2)33-30(26-16-20-28(21-17-26)34(4)5)29(31)25-14-18-27(32-3)19-15-25/h8-22,32-33H,6-7,31H2,1-5H3/b9-8?,30-29-. The molecule has 0 radical (unpaired) electrons. The molecule has 4 nitrogen and oxygen atoms in total. The third-order valence-electron chi connectivity index (χ3n) is 5.99. The highest BCUT2D eigenvalue weighted by molar-refractivity contribution is 5.89. The fourth-order valence-electron chi connectivity index (χ4n) is 3.79. The molecule has 3 rings (SSSR count). The lowest BCUT2D eigenvalue weighted by atomic mass is 10.0. The van der Waals surface area contributed by atoms with Gasteiger partial charge in [-0.05, 0) is 59.9 Å². The minimum absolute atomic E-state index is 0.0901. The summed E-state index contributed by atoms with van der Waals surface area (Å²) in [7, 11) is 6.01. The van der Waals surface area contributed by atoms with E-state index in [9.17, 15) is 0 Å². The predicted molar refractivity (Wildman–Crippen MR) is 150 cm³/mol. The number of nitrogens with two attached hydrogens (primary N) is 1. The van der Waals surface area contributed by atoms with Crippen LogP contribution >= 0.6 is 0 Å². The lowest BCUT2D eigenvalue weighted by molar-refractivity contribution is 0.701. The molecule has 0 aromatic heterocycles. The SMILES string of the molecule is CCCC=Cc1ccc(C(C)N/C(=C(\N)c2ccc(NC)cc2)c2ccc(N(C)C)cc2)cc1. The Hall–Kier alpha value is -3.66. The molecular formula is C30H38N4. The Bertz CT molecular complexity index is 1090. The van der Waals surface area contributed by atoms with Gasteiger partial charge in [0.25, 0.3) is 0 Å². The highest BCUT2D eigenvalue weighted by atomic mass is 15.1. The second-order valence-corrected chi connectivity index (χ2v) is 8.78. The molecule has 178 valence electrons. The fraction of sp³-hybridized carbons (Fsp3) is 0.267. The van der Waals surface area contributed by atoms with Crippen molar-refractivity contribution in [1.82, 2.24) is 5.32 Å². The molecule has 0 aliphatic heterocycles. The molecule has 4 heteroatoms. The van der Waals surface area contributed by atoms with Gasteiger partial charge in [-0.1, -0.05) is 74.0 Å². The lowest BCUT2D eigenvalue weighted by Crippen LogP contribution is -2.21. The van der Waals surface area contributed by atoms with Crippen LogP contribution in [0.2, 0.25) is 0 Å². The summed E-state index contributed by atoms with van der Waals surface area (Å²) in [5, 5.41) is 6.87. The van der Waals surface area contributed by atoms with E-state index >= 15 is 0 Å². The number of rotatable bonds is 10. The first-order valence-corrected chi connectivity index (χ1v) is 12.0. The van der Waals surface area contributed by atoms with E-state index in [0.29, 0.717) is 0 Å². The van der Waals surface area contributed by atoms with Crippen molar-refractivity contribution < 1.29 is 0 Å². The van der Waals surface area contributed by atoms with Crippen LogP contribution in [-0.2, 0) is 0 Å². The van der Waals surface area contributed by atoms with Gasteiger partial charge in [0.05, 0.1) is 11.4 Å². The highest BCUT2D eigenvalue weighted by Gasteiger charge is 2.14. The summed E-state index contributed by atoms with van der Waals surface area (Å²) in [5.41, 5.74) is 15.1. The number of unbranched alkanes of at least 4 members (excludes halogenated alkanes) is 1. The Morgan fingerprint density at radius 2 is 1.53 bits per heavy atom. The summed E-state index contributed by atoms with van der Waals surface area (Å²) in [6.45, 7) is 4.37. The van der Waals surface area contributed by atoms with E-state index in [1.165, 1.54) is 17.5 Å². The van der Waals surface area contributed by atoms with Crippen molar-refractivity contribution in [3.8, 4) is 0 Å². The van der Waals surface area contributed by atoms with Crippen LogP contribution in [0, 0.1) is 0 Å². The second kappa shape index (κ2) is 12.0. The molecule has 0 fully saturated rings. The number of anilines is 2. The Balaban J connectivity index is 1.93. The summed E-state index contributed by atoms with van der Waals surface area (Å²) in [4.78, 5) is 2.10. The summed E-state index contributed by atoms with van der Waals surface area (Å²) in [6.07, 6.45) is 6.69. The largest absolute Gasteiger partial charge is 0.397 e. The van der Waals surface area contributed by atoms with Crippen LogP contribution in [0.15, 0.2) is 78.9 Å². The van der Waals surface area contributed by atoms with Gasteiger partial charge in [-0.3, -0.25) is 0 Å². The third-order valence-corrected chi connectivity index (χ3v) is 5.99. The van der Waals surface area contributed by atoms with Crippen molar-refractivity contribution in [3.05, 3.63) is 101 Å². The molecule has 0 heterocycles. The van der Waals surface area contributed by atoms with E-state index in [2.05, 4.69) is 102 Å². The normalized spacial score (nSPS) is 12.9. The van der Waals surface area contributed by atoms with Gasteiger partial charge in [0.2, 0.25) is 0 Å². The molecule has 0 spiro atoms. The van der Waals surface area contributed by atoms with Gasteiger partial charge in [-0.15, -0.1) is 0 Å². The Morgan fingerprint density at radius 1 is 0.912 bits per heavy atom. The van der Waals surface area contributed by atoms with Gasteiger partial charge in [0.15, 0.2) is 0 Å². The molecule has 0 saturated carbocycles. The Labute approximate surface area is 205 Å². The van der Waals surface area contributed by atoms with Gasteiger partial charge in [0.1, 0.15) is 0 Å². The number of nitrogens with zero attached hydrogens (tertiary/aromatic N) is 1. The molecule has 1 unspecified atom stereocenters. The predicted octanol–water partition coefficient (Wildman–Crippen LogP) is 6.74. The highest BCUT2D eigenvalue weighted by Crippen LogP contribution is 2.27. The van der Waals surface area contributed by atoms with Crippen molar-refractivity contribution in [2.45, 2.75) is 32.7 Å². The third kappa shape index (κ3) is 6.44. The van der Waals surface area contributed by atoms with Crippen LogP contribution in [0.5, 0.6) is 0 Å². The van der Waals surface area contributed by atoms with Crippen molar-refractivity contribution in [1.29, 1.82) is 0 Å². The van der Waals surface area contributed by atoms with Gasteiger partial charge < -0.3 is 21.3 Å². The maximum atomic E-state index is 6.76. The summed E-state index contributed by atoms with van der Waals surface area (Å²) < 4.78 is 0. The van der Waals surface area contributed by atoms with Crippen LogP contribution in [-0.4, -0.2) is 21.1 Å². The first-order valence-electron chi connectivity index (χ1n) is 12.0. The van der Waals surface area contributed by atoms with Crippen molar-refractivity contribution in [3.63, 3.8) is 0 Å². The molecule has 1 atom stereocenters. The minimum Gasteiger partial charge on any atom is -0.397 e. The molecule has 3 aromatic rings. The van der Waals surface area contributed by atoms with E-state index in [1.54, 1.807) is 0 Å². The summed E-state index contributed by atoms with van der Waals surface area (Å²) >= 11 is 0. The van der Waals surface area contributed by atoms with Gasteiger partial charge in [-0.25, -0.2) is 0 Å². The van der Waals surface area contributed by atoms with Gasteiger partial charge in [0, 0.05) is 38.6 Å². The maximum Gasteiger partial charge on any atom is 0.0658 e. The number of nitrogens with one attached hydrogen (secondary N) is 2. The molecule has 0 aliphatic carbocycles. The van der Waals surface area contributed by atoms with E-state index in [4.69, 9.17) is 5.73 Å². The number of hydrogen-bond donors (Lipinski definition) is 3. The number of hydrogen-bond acceptors (Lipinski definition) is 4. The fourth-order valence-corrected chi connectivity index (χ4v) is 3.79. The first-order chi connectivity index (χ1) is 16.4. The van der Waals surface area contributed by atoms with Crippen LogP contribution in [0.4, 0.5) is 11.4 Å². The van der Waals surface area contributed by atoms with Crippen molar-refractivity contribution in [2.75, 3.05) is 31.4 Å². The molecule has 0 saturated heterocycles. The van der Waals surface area contributed by atoms with Crippen LogP contribution in [0.1, 0.15) is 55.0 Å². The zero-order chi connectivity index (χ0) is 24.5. The zero-order valence-electron chi connectivity index (χ0n) is 21.1. The topological polar surface area (TPSA) is 53.3 Å². The Morgan fingerprint density at radius 3 is 2.09 bits per heavy atom. The average Bonchev–Trinajstić information content (AvgIpc) is 2.87. The first kappa shape index (κ1) is 25.0. The van der Waals surface area contributed by atoms with E-state index in [-0.39, 0.29) is 6.04 Å². The van der Waals surface area contributed by atoms with Gasteiger partial charge >= 0.3 is 0 Å². The molecule has 0 amide bonds. The summed E-state index contributed by atoms with van der Waals surface area (Å²) in [5.74, 6) is 0. The smallest absolute Gasteiger partial charge is 0.0658 e. The summed E-state index contributed by atoms with van der Waals surface area (Å²) in [6, 6.07) is 25.5. The molecule has 3 aromatic carbocycles. The second-order valence-electron chi connectivity index (χ2n) is 8.78. The van der Waals surface area contributed by atoms with Crippen molar-refractivity contribution >= 4 is 28.8 Å². The molecular weight excluding hydrogens is 416 g/mol.